The third kappa shape index (κ3) is 5.23. The maximum Gasteiger partial charge on any atom is 0.253 e. The highest BCUT2D eigenvalue weighted by Gasteiger charge is 2.25. The summed E-state index contributed by atoms with van der Waals surface area (Å²) in [5.41, 5.74) is 0.401. The van der Waals surface area contributed by atoms with Crippen molar-refractivity contribution in [2.45, 2.75) is 19.9 Å². The monoisotopic (exact) mass is 374 g/mol. The molecule has 1 aromatic carbocycles. The molecule has 0 aliphatic heterocycles. The Hall–Kier alpha value is -2.00. The minimum absolute atomic E-state index is 0.169. The van der Waals surface area contributed by atoms with E-state index in [1.54, 1.807) is 13.8 Å². The van der Waals surface area contributed by atoms with Crippen molar-refractivity contribution in [1.82, 2.24) is 5.32 Å². The average molecular weight is 374 g/mol. The molecule has 25 heavy (non-hydrogen) atoms. The number of nitrogens with one attached hydrogen (secondary N) is 1. The SMILES string of the molecule is CCN(c1cc(OC)c(OC)cc1C(=O)N[C@@H](C)COC)S(C)(=O)=O. The number of anilines is 1. The lowest BCUT2D eigenvalue weighted by atomic mass is 10.1. The Kier molecular flexibility index (Phi) is 7.50. The molecule has 0 radical (unpaired) electrons. The van der Waals surface area contributed by atoms with Gasteiger partial charge in [0.2, 0.25) is 10.0 Å². The zero-order chi connectivity index (χ0) is 19.2. The summed E-state index contributed by atoms with van der Waals surface area (Å²) in [7, 11) is 0.848. The van der Waals surface area contributed by atoms with E-state index in [4.69, 9.17) is 14.2 Å². The molecule has 9 heteroatoms. The van der Waals surface area contributed by atoms with Gasteiger partial charge in [-0.1, -0.05) is 0 Å². The summed E-state index contributed by atoms with van der Waals surface area (Å²) in [4.78, 5) is 12.7. The van der Waals surface area contributed by atoms with E-state index in [0.717, 1.165) is 10.6 Å². The van der Waals surface area contributed by atoms with Crippen molar-refractivity contribution >= 4 is 21.6 Å². The van der Waals surface area contributed by atoms with Gasteiger partial charge in [0.15, 0.2) is 11.5 Å². The van der Waals surface area contributed by atoms with Gasteiger partial charge in [0, 0.05) is 25.8 Å². The van der Waals surface area contributed by atoms with Crippen LogP contribution in [0.1, 0.15) is 24.2 Å². The second kappa shape index (κ2) is 8.91. The van der Waals surface area contributed by atoms with Gasteiger partial charge in [-0.05, 0) is 19.9 Å². The Morgan fingerprint density at radius 3 is 2.20 bits per heavy atom. The fraction of sp³-hybridized carbons (Fsp3) is 0.562. The third-order valence-electron chi connectivity index (χ3n) is 3.50. The number of benzene rings is 1. The van der Waals surface area contributed by atoms with Crippen LogP contribution in [0.4, 0.5) is 5.69 Å². The summed E-state index contributed by atoms with van der Waals surface area (Å²) >= 11 is 0. The quantitative estimate of drug-likeness (QED) is 0.699. The van der Waals surface area contributed by atoms with E-state index in [1.807, 2.05) is 0 Å². The number of sulfonamides is 1. The Labute approximate surface area is 149 Å². The van der Waals surface area contributed by atoms with Crippen molar-refractivity contribution in [3.8, 4) is 11.5 Å². The van der Waals surface area contributed by atoms with Crippen molar-refractivity contribution in [3.63, 3.8) is 0 Å². The number of methoxy groups -OCH3 is 3. The molecule has 0 heterocycles. The molecule has 0 spiro atoms. The molecule has 1 rings (SSSR count). The molecular formula is C16H26N2O6S. The molecule has 1 atom stereocenters. The van der Waals surface area contributed by atoms with Crippen LogP contribution in [0.2, 0.25) is 0 Å². The first-order chi connectivity index (χ1) is 11.7. The topological polar surface area (TPSA) is 94.2 Å². The summed E-state index contributed by atoms with van der Waals surface area (Å²) < 4.78 is 40.9. The van der Waals surface area contributed by atoms with Crippen molar-refractivity contribution in [2.75, 3.05) is 45.0 Å². The molecule has 0 saturated carbocycles. The zero-order valence-corrected chi connectivity index (χ0v) is 16.3. The average Bonchev–Trinajstić information content (AvgIpc) is 2.53. The van der Waals surface area contributed by atoms with Gasteiger partial charge < -0.3 is 19.5 Å². The maximum atomic E-state index is 12.7. The number of hydrogen-bond acceptors (Lipinski definition) is 6. The number of amides is 1. The van der Waals surface area contributed by atoms with Crippen molar-refractivity contribution in [2.24, 2.45) is 0 Å². The van der Waals surface area contributed by atoms with Gasteiger partial charge in [-0.3, -0.25) is 9.10 Å². The van der Waals surface area contributed by atoms with Gasteiger partial charge in [0.1, 0.15) is 0 Å². The first-order valence-corrected chi connectivity index (χ1v) is 9.57. The van der Waals surface area contributed by atoms with Crippen LogP contribution in [0.3, 0.4) is 0 Å². The number of carbonyl (C=O) groups excluding carboxylic acids is 1. The van der Waals surface area contributed by atoms with E-state index in [0.29, 0.717) is 18.1 Å². The van der Waals surface area contributed by atoms with Crippen LogP contribution in [0.25, 0.3) is 0 Å². The van der Waals surface area contributed by atoms with E-state index in [2.05, 4.69) is 5.32 Å². The predicted molar refractivity (Wildman–Crippen MR) is 96.2 cm³/mol. The minimum Gasteiger partial charge on any atom is -0.493 e. The molecule has 1 aromatic rings. The Morgan fingerprint density at radius 2 is 1.76 bits per heavy atom. The molecular weight excluding hydrogens is 348 g/mol. The number of rotatable bonds is 9. The highest BCUT2D eigenvalue weighted by molar-refractivity contribution is 7.92. The largest absolute Gasteiger partial charge is 0.493 e. The molecule has 0 aliphatic rings. The van der Waals surface area contributed by atoms with Gasteiger partial charge in [-0.15, -0.1) is 0 Å². The molecule has 0 fully saturated rings. The maximum absolute atomic E-state index is 12.7. The van der Waals surface area contributed by atoms with E-state index >= 15 is 0 Å². The Bertz CT molecular complexity index is 705. The van der Waals surface area contributed by atoms with Gasteiger partial charge in [0.25, 0.3) is 5.91 Å². The highest BCUT2D eigenvalue weighted by atomic mass is 32.2. The number of nitrogens with zero attached hydrogens (tertiary/aromatic N) is 1. The third-order valence-corrected chi connectivity index (χ3v) is 4.75. The van der Waals surface area contributed by atoms with Crippen LogP contribution >= 0.6 is 0 Å². The highest BCUT2D eigenvalue weighted by Crippen LogP contribution is 2.36. The molecule has 142 valence electrons. The van der Waals surface area contributed by atoms with Crippen LogP contribution in [-0.4, -0.2) is 61.1 Å². The molecule has 8 nitrogen and oxygen atoms in total. The van der Waals surface area contributed by atoms with E-state index < -0.39 is 15.9 Å². The van der Waals surface area contributed by atoms with Crippen LogP contribution in [-0.2, 0) is 14.8 Å². The molecule has 0 bridgehead atoms. The molecule has 0 saturated heterocycles. The van der Waals surface area contributed by atoms with Crippen LogP contribution in [0.15, 0.2) is 12.1 Å². The van der Waals surface area contributed by atoms with Gasteiger partial charge in [0.05, 0.1) is 38.3 Å². The first kappa shape index (κ1) is 21.0. The lowest BCUT2D eigenvalue weighted by Crippen LogP contribution is -2.37. The fourth-order valence-electron chi connectivity index (χ4n) is 2.43. The molecule has 0 unspecified atom stereocenters. The van der Waals surface area contributed by atoms with Crippen LogP contribution in [0.5, 0.6) is 11.5 Å². The molecule has 1 N–H and O–H groups in total. The Morgan fingerprint density at radius 1 is 1.20 bits per heavy atom. The van der Waals surface area contributed by atoms with E-state index in [-0.39, 0.29) is 23.8 Å². The smallest absolute Gasteiger partial charge is 0.253 e. The summed E-state index contributed by atoms with van der Waals surface area (Å²) in [6, 6.07) is 2.71. The number of carbonyl (C=O) groups is 1. The predicted octanol–water partition coefficient (Wildman–Crippen LogP) is 1.25. The second-order valence-electron chi connectivity index (χ2n) is 5.48. The number of ether oxygens (including phenoxy) is 3. The van der Waals surface area contributed by atoms with E-state index in [9.17, 15) is 13.2 Å². The van der Waals surface area contributed by atoms with Crippen molar-refractivity contribution in [3.05, 3.63) is 17.7 Å². The standard InChI is InChI=1S/C16H26N2O6S/c1-7-18(25(6,20)21)13-9-15(24-5)14(23-4)8-12(13)16(19)17-11(2)10-22-3/h8-9,11H,7,10H2,1-6H3,(H,17,19)/t11-/m0/s1. The van der Waals surface area contributed by atoms with Gasteiger partial charge >= 0.3 is 0 Å². The lowest BCUT2D eigenvalue weighted by Gasteiger charge is -2.25. The molecule has 0 aliphatic carbocycles. The van der Waals surface area contributed by atoms with E-state index in [1.165, 1.54) is 33.5 Å². The molecule has 1 amide bonds. The van der Waals surface area contributed by atoms with Crippen LogP contribution < -0.4 is 19.1 Å². The zero-order valence-electron chi connectivity index (χ0n) is 15.5. The summed E-state index contributed by atoms with van der Waals surface area (Å²) in [5.74, 6) is 0.240. The number of hydrogen-bond donors (Lipinski definition) is 1. The van der Waals surface area contributed by atoms with Gasteiger partial charge in [-0.25, -0.2) is 8.42 Å². The summed E-state index contributed by atoms with van der Waals surface area (Å²) in [6.07, 6.45) is 1.09. The van der Waals surface area contributed by atoms with Gasteiger partial charge in [-0.2, -0.15) is 0 Å². The van der Waals surface area contributed by atoms with Crippen LogP contribution in [0, 0.1) is 0 Å². The Balaban J connectivity index is 3.49. The molecule has 0 aromatic heterocycles. The van der Waals surface area contributed by atoms with Crippen molar-refractivity contribution in [1.29, 1.82) is 0 Å². The fourth-order valence-corrected chi connectivity index (χ4v) is 3.41. The summed E-state index contributed by atoms with van der Waals surface area (Å²) in [5, 5.41) is 2.77. The minimum atomic E-state index is -3.58. The normalized spacial score (nSPS) is 12.4. The lowest BCUT2D eigenvalue weighted by molar-refractivity contribution is 0.0906. The second-order valence-corrected chi connectivity index (χ2v) is 7.39. The summed E-state index contributed by atoms with van der Waals surface area (Å²) in [6.45, 7) is 3.98. The van der Waals surface area contributed by atoms with Crippen molar-refractivity contribution < 1.29 is 27.4 Å². The first-order valence-electron chi connectivity index (χ1n) is 7.73.